The largest absolute Gasteiger partial charge is 0.309 e. The van der Waals surface area contributed by atoms with E-state index in [-0.39, 0.29) is 0 Å². The minimum atomic E-state index is 1.17. The lowest BCUT2D eigenvalue weighted by Gasteiger charge is -2.15. The molecule has 0 radical (unpaired) electrons. The van der Waals surface area contributed by atoms with Gasteiger partial charge in [0.15, 0.2) is 0 Å². The van der Waals surface area contributed by atoms with E-state index in [1.54, 1.807) is 0 Å². The zero-order valence-electron chi connectivity index (χ0n) is 31.5. The molecule has 0 spiro atoms. The Hall–Kier alpha value is -7.68. The van der Waals surface area contributed by atoms with Crippen LogP contribution in [0.5, 0.6) is 0 Å². The molecule has 2 heterocycles. The van der Waals surface area contributed by atoms with Crippen LogP contribution in [-0.2, 0) is 0 Å². The molecule has 58 heavy (non-hydrogen) atoms. The van der Waals surface area contributed by atoms with Crippen molar-refractivity contribution in [1.82, 2.24) is 9.13 Å². The van der Waals surface area contributed by atoms with Gasteiger partial charge in [-0.2, -0.15) is 0 Å². The lowest BCUT2D eigenvalue weighted by Crippen LogP contribution is -1.97. The standard InChI is InChI=1S/C56H34N2/c1-2-15-40(16-3-1)57-53-30-26-38(33-50(53)47-29-24-35-12-4-5-18-42(35)56(47)57)37-27-31-54-49(32-37)44-19-7-9-23-52(44)58(54)51-22-8-6-17-41(51)39-25-28-43-45-20-10-13-36-14-11-21-46(55(36)45)48(43)34-39/h1-34H. The number of para-hydroxylation sites is 3. The van der Waals surface area contributed by atoms with E-state index in [4.69, 9.17) is 0 Å². The number of aromatic nitrogens is 2. The van der Waals surface area contributed by atoms with E-state index in [0.717, 1.165) is 0 Å². The molecule has 0 saturated heterocycles. The highest BCUT2D eigenvalue weighted by molar-refractivity contribution is 6.20. The number of nitrogens with zero attached hydrogens (tertiary/aromatic N) is 2. The number of benzene rings is 10. The van der Waals surface area contributed by atoms with Gasteiger partial charge in [0.05, 0.1) is 27.8 Å². The van der Waals surface area contributed by atoms with Crippen molar-refractivity contribution in [2.75, 3.05) is 0 Å². The van der Waals surface area contributed by atoms with Gasteiger partial charge < -0.3 is 9.13 Å². The second-order valence-electron chi connectivity index (χ2n) is 15.7. The average molecular weight is 735 g/mol. The Balaban J connectivity index is 0.986. The third-order valence-corrected chi connectivity index (χ3v) is 12.6. The monoisotopic (exact) mass is 734 g/mol. The van der Waals surface area contributed by atoms with Crippen molar-refractivity contribution in [1.29, 1.82) is 0 Å². The van der Waals surface area contributed by atoms with Gasteiger partial charge in [-0.05, 0) is 110 Å². The molecule has 1 aliphatic rings. The van der Waals surface area contributed by atoms with E-state index in [1.807, 2.05) is 0 Å². The summed E-state index contributed by atoms with van der Waals surface area (Å²) in [7, 11) is 0. The molecule has 2 aromatic heterocycles. The Bertz CT molecular complexity index is 3670. The fraction of sp³-hybridized carbons (Fsp3) is 0. The highest BCUT2D eigenvalue weighted by atomic mass is 15.0. The van der Waals surface area contributed by atoms with Crippen molar-refractivity contribution in [2.45, 2.75) is 0 Å². The molecule has 0 unspecified atom stereocenters. The van der Waals surface area contributed by atoms with Crippen LogP contribution < -0.4 is 0 Å². The van der Waals surface area contributed by atoms with E-state index in [1.165, 1.54) is 121 Å². The van der Waals surface area contributed by atoms with Gasteiger partial charge in [0, 0.05) is 38.2 Å². The molecule has 13 rings (SSSR count). The molecule has 12 aromatic rings. The summed E-state index contributed by atoms with van der Waals surface area (Å²) in [6.07, 6.45) is 0. The highest BCUT2D eigenvalue weighted by Crippen LogP contribution is 2.49. The molecular weight excluding hydrogens is 701 g/mol. The summed E-state index contributed by atoms with van der Waals surface area (Å²) >= 11 is 0. The molecule has 10 aromatic carbocycles. The predicted molar refractivity (Wildman–Crippen MR) is 245 cm³/mol. The first kappa shape index (κ1) is 31.5. The van der Waals surface area contributed by atoms with Gasteiger partial charge >= 0.3 is 0 Å². The van der Waals surface area contributed by atoms with Crippen molar-refractivity contribution >= 4 is 65.2 Å². The predicted octanol–water partition coefficient (Wildman–Crippen LogP) is 15.2. The first-order valence-corrected chi connectivity index (χ1v) is 20.1. The summed E-state index contributed by atoms with van der Waals surface area (Å²) in [5.41, 5.74) is 17.3. The van der Waals surface area contributed by atoms with Gasteiger partial charge in [-0.15, -0.1) is 0 Å². The minimum absolute atomic E-state index is 1.17. The lowest BCUT2D eigenvalue weighted by molar-refractivity contribution is 1.18. The van der Waals surface area contributed by atoms with Gasteiger partial charge in [-0.3, -0.25) is 0 Å². The Morgan fingerprint density at radius 3 is 1.71 bits per heavy atom. The van der Waals surface area contributed by atoms with Crippen LogP contribution in [0.25, 0.3) is 121 Å². The van der Waals surface area contributed by atoms with Crippen molar-refractivity contribution in [3.8, 4) is 55.9 Å². The Kier molecular flexibility index (Phi) is 6.47. The van der Waals surface area contributed by atoms with Crippen LogP contribution in [0.2, 0.25) is 0 Å². The summed E-state index contributed by atoms with van der Waals surface area (Å²) in [5.74, 6) is 0. The zero-order chi connectivity index (χ0) is 37.9. The summed E-state index contributed by atoms with van der Waals surface area (Å²) in [4.78, 5) is 0. The topological polar surface area (TPSA) is 9.86 Å². The molecule has 2 nitrogen and oxygen atoms in total. The van der Waals surface area contributed by atoms with Gasteiger partial charge in [0.1, 0.15) is 0 Å². The van der Waals surface area contributed by atoms with Crippen molar-refractivity contribution in [3.05, 3.63) is 206 Å². The van der Waals surface area contributed by atoms with Gasteiger partial charge in [0.25, 0.3) is 0 Å². The fourth-order valence-corrected chi connectivity index (χ4v) is 10.1. The van der Waals surface area contributed by atoms with Crippen LogP contribution >= 0.6 is 0 Å². The van der Waals surface area contributed by atoms with Gasteiger partial charge in [0.2, 0.25) is 0 Å². The van der Waals surface area contributed by atoms with Crippen molar-refractivity contribution in [3.63, 3.8) is 0 Å². The second kappa shape index (κ2) is 11.9. The lowest BCUT2D eigenvalue weighted by atomic mass is 9.96. The summed E-state index contributed by atoms with van der Waals surface area (Å²) in [6.45, 7) is 0. The van der Waals surface area contributed by atoms with Crippen LogP contribution in [0.3, 0.4) is 0 Å². The maximum absolute atomic E-state index is 2.47. The Labute approximate surface area is 335 Å². The number of hydrogen-bond acceptors (Lipinski definition) is 0. The van der Waals surface area contributed by atoms with Crippen LogP contribution in [-0.4, -0.2) is 9.13 Å². The summed E-state index contributed by atoms with van der Waals surface area (Å²) in [5, 5.41) is 10.2. The van der Waals surface area contributed by atoms with Crippen molar-refractivity contribution < 1.29 is 0 Å². The minimum Gasteiger partial charge on any atom is -0.309 e. The SMILES string of the molecule is c1ccc(-n2c3ccc(-c4ccc5c(c4)c4ccccc4n5-c4ccccc4-c4ccc5c(c4)-c4cccc6cccc-5c46)cc3c3ccc4ccccc4c32)cc1. The molecule has 0 atom stereocenters. The highest BCUT2D eigenvalue weighted by Gasteiger charge is 2.23. The number of hydrogen-bond donors (Lipinski definition) is 0. The first-order chi connectivity index (χ1) is 28.8. The molecular formula is C56H34N2. The molecule has 0 aliphatic heterocycles. The van der Waals surface area contributed by atoms with Crippen LogP contribution in [0.4, 0.5) is 0 Å². The van der Waals surface area contributed by atoms with E-state index in [2.05, 4.69) is 215 Å². The molecule has 0 amide bonds. The maximum Gasteiger partial charge on any atom is 0.0619 e. The van der Waals surface area contributed by atoms with Crippen LogP contribution in [0, 0.1) is 0 Å². The van der Waals surface area contributed by atoms with Gasteiger partial charge in [-0.1, -0.05) is 152 Å². The van der Waals surface area contributed by atoms with E-state index >= 15 is 0 Å². The normalized spacial score (nSPS) is 12.1. The first-order valence-electron chi connectivity index (χ1n) is 20.1. The van der Waals surface area contributed by atoms with Crippen LogP contribution in [0.1, 0.15) is 0 Å². The van der Waals surface area contributed by atoms with Gasteiger partial charge in [-0.25, -0.2) is 0 Å². The molecule has 0 saturated carbocycles. The maximum atomic E-state index is 2.47. The molecule has 0 fully saturated rings. The Morgan fingerprint density at radius 2 is 0.879 bits per heavy atom. The van der Waals surface area contributed by atoms with E-state index in [0.29, 0.717) is 0 Å². The fourth-order valence-electron chi connectivity index (χ4n) is 10.1. The zero-order valence-corrected chi connectivity index (χ0v) is 31.5. The smallest absolute Gasteiger partial charge is 0.0619 e. The summed E-state index contributed by atoms with van der Waals surface area (Å²) in [6, 6.07) is 76.2. The third-order valence-electron chi connectivity index (χ3n) is 12.6. The van der Waals surface area contributed by atoms with Crippen LogP contribution in [0.15, 0.2) is 206 Å². The van der Waals surface area contributed by atoms with E-state index < -0.39 is 0 Å². The molecule has 0 bridgehead atoms. The number of fused-ring (bicyclic) bond motifs is 11. The third kappa shape index (κ3) is 4.37. The average Bonchev–Trinajstić information content (AvgIpc) is 3.93. The quantitative estimate of drug-likeness (QED) is 0.170. The summed E-state index contributed by atoms with van der Waals surface area (Å²) < 4.78 is 4.90. The van der Waals surface area contributed by atoms with Crippen molar-refractivity contribution in [2.24, 2.45) is 0 Å². The second-order valence-corrected chi connectivity index (χ2v) is 15.7. The molecule has 0 N–H and O–H groups in total. The molecule has 268 valence electrons. The van der Waals surface area contributed by atoms with E-state index in [9.17, 15) is 0 Å². The Morgan fingerprint density at radius 1 is 0.276 bits per heavy atom. The molecule has 2 heteroatoms. The number of rotatable bonds is 4. The molecule has 1 aliphatic carbocycles.